The van der Waals surface area contributed by atoms with E-state index in [2.05, 4.69) is 10.3 Å². The summed E-state index contributed by atoms with van der Waals surface area (Å²) >= 11 is 0. The van der Waals surface area contributed by atoms with Crippen molar-refractivity contribution in [3.8, 4) is 0 Å². The summed E-state index contributed by atoms with van der Waals surface area (Å²) in [5, 5.41) is 13.8. The van der Waals surface area contributed by atoms with Crippen LogP contribution in [-0.2, 0) is 4.79 Å². The second-order valence-corrected chi connectivity index (χ2v) is 5.68. The first-order valence-electron chi connectivity index (χ1n) is 7.29. The summed E-state index contributed by atoms with van der Waals surface area (Å²) in [6, 6.07) is 3.34. The van der Waals surface area contributed by atoms with Crippen LogP contribution in [0.15, 0.2) is 18.3 Å². The third kappa shape index (κ3) is 3.29. The molecule has 1 aliphatic carbocycles. The van der Waals surface area contributed by atoms with Gasteiger partial charge in [-0.3, -0.25) is 14.9 Å². The van der Waals surface area contributed by atoms with Crippen LogP contribution in [0.2, 0.25) is 0 Å². The number of pyridine rings is 1. The fourth-order valence-electron chi connectivity index (χ4n) is 2.62. The molecule has 1 N–H and O–H groups in total. The highest BCUT2D eigenvalue weighted by Crippen LogP contribution is 2.32. The maximum Gasteiger partial charge on any atom is 0.287 e. The summed E-state index contributed by atoms with van der Waals surface area (Å²) in [6.07, 6.45) is 5.12. The Hall–Kier alpha value is -2.18. The van der Waals surface area contributed by atoms with Crippen molar-refractivity contribution >= 4 is 17.4 Å². The van der Waals surface area contributed by atoms with Crippen molar-refractivity contribution in [1.29, 1.82) is 0 Å². The molecule has 2 aliphatic rings. The van der Waals surface area contributed by atoms with Gasteiger partial charge in [0.25, 0.3) is 5.69 Å². The van der Waals surface area contributed by atoms with Gasteiger partial charge < -0.3 is 10.2 Å². The summed E-state index contributed by atoms with van der Waals surface area (Å²) in [5.74, 6) is 1.24. The van der Waals surface area contributed by atoms with E-state index >= 15 is 0 Å². The number of carbonyl (C=O) groups is 1. The maximum atomic E-state index is 12.0. The van der Waals surface area contributed by atoms with Gasteiger partial charge in [0.2, 0.25) is 5.91 Å². The molecule has 1 aromatic rings. The van der Waals surface area contributed by atoms with Crippen molar-refractivity contribution in [3.63, 3.8) is 0 Å². The van der Waals surface area contributed by atoms with Gasteiger partial charge in [-0.25, -0.2) is 4.98 Å². The Balaban J connectivity index is 1.50. The van der Waals surface area contributed by atoms with Crippen LogP contribution < -0.4 is 5.32 Å². The molecule has 2 heterocycles. The van der Waals surface area contributed by atoms with Crippen molar-refractivity contribution in [2.24, 2.45) is 5.92 Å². The minimum Gasteiger partial charge on any atom is -0.367 e. The van der Waals surface area contributed by atoms with E-state index in [4.69, 9.17) is 0 Å². The van der Waals surface area contributed by atoms with Crippen LogP contribution in [0.1, 0.15) is 25.7 Å². The van der Waals surface area contributed by atoms with Crippen LogP contribution in [0.25, 0.3) is 0 Å². The van der Waals surface area contributed by atoms with Gasteiger partial charge in [-0.1, -0.05) is 0 Å². The highest BCUT2D eigenvalue weighted by atomic mass is 16.6. The molecule has 0 spiro atoms. The number of piperidine rings is 1. The van der Waals surface area contributed by atoms with Crippen molar-refractivity contribution in [2.45, 2.75) is 31.7 Å². The Morgan fingerprint density at radius 3 is 2.52 bits per heavy atom. The topological polar surface area (TPSA) is 88.4 Å². The quantitative estimate of drug-likeness (QED) is 0.674. The van der Waals surface area contributed by atoms with Gasteiger partial charge >= 0.3 is 0 Å². The molecule has 1 saturated carbocycles. The number of anilines is 1. The number of hydrogen-bond acceptors (Lipinski definition) is 5. The van der Waals surface area contributed by atoms with E-state index in [1.54, 1.807) is 6.07 Å². The molecule has 1 amide bonds. The molecule has 0 unspecified atom stereocenters. The van der Waals surface area contributed by atoms with Gasteiger partial charge in [0.05, 0.1) is 4.92 Å². The number of nitro groups is 1. The zero-order valence-electron chi connectivity index (χ0n) is 11.7. The first-order chi connectivity index (χ1) is 10.1. The van der Waals surface area contributed by atoms with Gasteiger partial charge in [0.1, 0.15) is 12.0 Å². The zero-order valence-corrected chi connectivity index (χ0v) is 11.7. The van der Waals surface area contributed by atoms with Gasteiger partial charge in [0.15, 0.2) is 0 Å². The average Bonchev–Trinajstić information content (AvgIpc) is 3.32. The molecule has 1 saturated heterocycles. The van der Waals surface area contributed by atoms with Crippen molar-refractivity contribution in [3.05, 3.63) is 28.4 Å². The van der Waals surface area contributed by atoms with Crippen LogP contribution >= 0.6 is 0 Å². The van der Waals surface area contributed by atoms with Crippen LogP contribution in [0, 0.1) is 16.0 Å². The van der Waals surface area contributed by atoms with E-state index in [9.17, 15) is 14.9 Å². The lowest BCUT2D eigenvalue weighted by molar-refractivity contribution is -0.385. The number of amides is 1. The molecule has 1 aliphatic heterocycles. The number of aromatic nitrogens is 1. The zero-order chi connectivity index (χ0) is 14.8. The van der Waals surface area contributed by atoms with Crippen LogP contribution in [0.5, 0.6) is 0 Å². The van der Waals surface area contributed by atoms with Gasteiger partial charge in [-0.05, 0) is 31.7 Å². The third-order valence-corrected chi connectivity index (χ3v) is 4.04. The summed E-state index contributed by atoms with van der Waals surface area (Å²) < 4.78 is 0. The van der Waals surface area contributed by atoms with Crippen LogP contribution in [-0.4, -0.2) is 39.8 Å². The molecule has 0 atom stereocenters. The van der Waals surface area contributed by atoms with Gasteiger partial charge in [0, 0.05) is 31.1 Å². The molecule has 3 rings (SSSR count). The standard InChI is InChI=1S/C14H18N4O3/c19-14(10-1-2-10)17-7-5-11(6-8-17)16-13-4-3-12(9-15-13)18(20)21/h3-4,9-11H,1-2,5-8H2,(H,15,16). The Morgan fingerprint density at radius 2 is 2.00 bits per heavy atom. The SMILES string of the molecule is O=C(C1CC1)N1CCC(Nc2ccc([N+](=O)[O-])cn2)CC1. The lowest BCUT2D eigenvalue weighted by Crippen LogP contribution is -2.43. The maximum absolute atomic E-state index is 12.0. The predicted molar refractivity (Wildman–Crippen MR) is 76.8 cm³/mol. The average molecular weight is 290 g/mol. The number of nitrogens with one attached hydrogen (secondary N) is 1. The number of carbonyl (C=O) groups excluding carboxylic acids is 1. The van der Waals surface area contributed by atoms with Crippen molar-refractivity contribution in [2.75, 3.05) is 18.4 Å². The molecular formula is C14H18N4O3. The molecule has 0 aromatic carbocycles. The van der Waals surface area contributed by atoms with Gasteiger partial charge in [-0.15, -0.1) is 0 Å². The minimum absolute atomic E-state index is 0.00889. The first kappa shape index (κ1) is 13.8. The molecule has 112 valence electrons. The number of likely N-dealkylation sites (tertiary alicyclic amines) is 1. The lowest BCUT2D eigenvalue weighted by Gasteiger charge is -2.32. The Kier molecular flexibility index (Phi) is 3.72. The summed E-state index contributed by atoms with van der Waals surface area (Å²) in [4.78, 5) is 28.1. The molecule has 0 radical (unpaired) electrons. The summed E-state index contributed by atoms with van der Waals surface area (Å²) in [6.45, 7) is 1.56. The largest absolute Gasteiger partial charge is 0.367 e. The normalized spacial score (nSPS) is 19.3. The summed E-state index contributed by atoms with van der Waals surface area (Å²) in [5.41, 5.74) is -0.00889. The molecule has 7 heteroatoms. The second kappa shape index (κ2) is 5.67. The molecule has 21 heavy (non-hydrogen) atoms. The molecule has 2 fully saturated rings. The van der Waals surface area contributed by atoms with E-state index in [0.717, 1.165) is 38.8 Å². The van der Waals surface area contributed by atoms with E-state index in [-0.39, 0.29) is 17.6 Å². The van der Waals surface area contributed by atoms with Crippen molar-refractivity contribution in [1.82, 2.24) is 9.88 Å². The summed E-state index contributed by atoms with van der Waals surface area (Å²) in [7, 11) is 0. The third-order valence-electron chi connectivity index (χ3n) is 4.04. The number of rotatable bonds is 4. The molecule has 0 bridgehead atoms. The fraction of sp³-hybridized carbons (Fsp3) is 0.571. The Morgan fingerprint density at radius 1 is 1.29 bits per heavy atom. The highest BCUT2D eigenvalue weighted by Gasteiger charge is 2.34. The predicted octanol–water partition coefficient (Wildman–Crippen LogP) is 1.80. The Bertz CT molecular complexity index is 534. The molecular weight excluding hydrogens is 272 g/mol. The second-order valence-electron chi connectivity index (χ2n) is 5.68. The van der Waals surface area contributed by atoms with E-state index < -0.39 is 4.92 Å². The fourth-order valence-corrected chi connectivity index (χ4v) is 2.62. The van der Waals surface area contributed by atoms with Crippen molar-refractivity contribution < 1.29 is 9.72 Å². The smallest absolute Gasteiger partial charge is 0.287 e. The number of hydrogen-bond donors (Lipinski definition) is 1. The number of nitrogens with zero attached hydrogens (tertiary/aromatic N) is 3. The minimum atomic E-state index is -0.460. The highest BCUT2D eigenvalue weighted by molar-refractivity contribution is 5.81. The monoisotopic (exact) mass is 290 g/mol. The van der Waals surface area contributed by atoms with E-state index in [1.807, 2.05) is 4.90 Å². The lowest BCUT2D eigenvalue weighted by atomic mass is 10.0. The molecule has 1 aromatic heterocycles. The van der Waals surface area contributed by atoms with Crippen LogP contribution in [0.4, 0.5) is 11.5 Å². The van der Waals surface area contributed by atoms with E-state index in [1.165, 1.54) is 12.3 Å². The molecule has 7 nitrogen and oxygen atoms in total. The van der Waals surface area contributed by atoms with Gasteiger partial charge in [-0.2, -0.15) is 0 Å². The van der Waals surface area contributed by atoms with E-state index in [0.29, 0.717) is 11.7 Å². The Labute approximate surface area is 122 Å². The van der Waals surface area contributed by atoms with Crippen LogP contribution in [0.3, 0.4) is 0 Å². The first-order valence-corrected chi connectivity index (χ1v) is 7.29.